The summed E-state index contributed by atoms with van der Waals surface area (Å²) in [7, 11) is 0. The first-order chi connectivity index (χ1) is 9.49. The molecule has 2 aromatic carbocycles. The van der Waals surface area contributed by atoms with Gasteiger partial charge >= 0.3 is 5.97 Å². The van der Waals surface area contributed by atoms with Crippen molar-refractivity contribution >= 4 is 40.5 Å². The van der Waals surface area contributed by atoms with E-state index in [0.717, 1.165) is 11.3 Å². The molecule has 5 heteroatoms. The Kier molecular flexibility index (Phi) is 4.53. The Morgan fingerprint density at radius 3 is 2.15 bits per heavy atom. The normalized spacial score (nSPS) is 11.9. The summed E-state index contributed by atoms with van der Waals surface area (Å²) in [5, 5.41) is 13.1. The molecule has 1 unspecified atom stereocenters. The van der Waals surface area contributed by atoms with E-state index in [1.807, 2.05) is 0 Å². The molecule has 2 rings (SSSR count). The van der Waals surface area contributed by atoms with Crippen molar-refractivity contribution in [2.24, 2.45) is 0 Å². The largest absolute Gasteiger partial charge is 0.481 e. The standard InChI is InChI=1S/C15H13Cl2NO2/c1-9(15(19)20)10-5-7-11(8-6-10)18-14-12(16)3-2-4-13(14)17/h2-9,18H,1H3,(H,19,20). The molecule has 104 valence electrons. The molecule has 1 atom stereocenters. The van der Waals surface area contributed by atoms with Gasteiger partial charge in [-0.2, -0.15) is 0 Å². The Bertz CT molecular complexity index is 606. The first-order valence-electron chi connectivity index (χ1n) is 6.03. The zero-order valence-corrected chi connectivity index (χ0v) is 12.2. The molecule has 0 saturated heterocycles. The van der Waals surface area contributed by atoms with Crippen molar-refractivity contribution in [1.29, 1.82) is 0 Å². The van der Waals surface area contributed by atoms with E-state index in [0.29, 0.717) is 15.7 Å². The van der Waals surface area contributed by atoms with E-state index >= 15 is 0 Å². The smallest absolute Gasteiger partial charge is 0.310 e. The van der Waals surface area contributed by atoms with Gasteiger partial charge in [0.2, 0.25) is 0 Å². The molecule has 3 nitrogen and oxygen atoms in total. The van der Waals surface area contributed by atoms with Crippen LogP contribution in [0.15, 0.2) is 42.5 Å². The Labute approximate surface area is 127 Å². The van der Waals surface area contributed by atoms with Gasteiger partial charge in [0.1, 0.15) is 0 Å². The lowest BCUT2D eigenvalue weighted by Crippen LogP contribution is -2.07. The third kappa shape index (κ3) is 3.24. The molecule has 0 spiro atoms. The van der Waals surface area contributed by atoms with Gasteiger partial charge in [-0.3, -0.25) is 4.79 Å². The molecule has 0 saturated carbocycles. The number of carbonyl (C=O) groups is 1. The number of anilines is 2. The third-order valence-corrected chi connectivity index (χ3v) is 3.64. The minimum atomic E-state index is -0.847. The van der Waals surface area contributed by atoms with Gasteiger partial charge in [0.15, 0.2) is 0 Å². The second-order valence-corrected chi connectivity index (χ2v) is 5.22. The highest BCUT2D eigenvalue weighted by Gasteiger charge is 2.13. The SMILES string of the molecule is CC(C(=O)O)c1ccc(Nc2c(Cl)cccc2Cl)cc1. The Balaban J connectivity index is 2.21. The Morgan fingerprint density at radius 1 is 1.10 bits per heavy atom. The third-order valence-electron chi connectivity index (χ3n) is 3.01. The molecular formula is C15H13Cl2NO2. The van der Waals surface area contributed by atoms with E-state index in [2.05, 4.69) is 5.32 Å². The summed E-state index contributed by atoms with van der Waals surface area (Å²) in [5.74, 6) is -1.38. The van der Waals surface area contributed by atoms with Crippen LogP contribution in [0.25, 0.3) is 0 Å². The molecule has 0 aliphatic rings. The number of aliphatic carboxylic acids is 1. The van der Waals surface area contributed by atoms with E-state index in [4.69, 9.17) is 28.3 Å². The lowest BCUT2D eigenvalue weighted by Gasteiger charge is -2.12. The average Bonchev–Trinajstić information content (AvgIpc) is 2.43. The van der Waals surface area contributed by atoms with Gasteiger partial charge in [-0.25, -0.2) is 0 Å². The van der Waals surface area contributed by atoms with Crippen LogP contribution < -0.4 is 5.32 Å². The lowest BCUT2D eigenvalue weighted by atomic mass is 10.0. The molecular weight excluding hydrogens is 297 g/mol. The van der Waals surface area contributed by atoms with E-state index in [1.54, 1.807) is 49.4 Å². The highest BCUT2D eigenvalue weighted by Crippen LogP contribution is 2.32. The molecule has 2 N–H and O–H groups in total. The number of benzene rings is 2. The van der Waals surface area contributed by atoms with Crippen molar-refractivity contribution in [2.45, 2.75) is 12.8 Å². The quantitative estimate of drug-likeness (QED) is 0.842. The molecule has 0 heterocycles. The monoisotopic (exact) mass is 309 g/mol. The molecule has 0 aliphatic heterocycles. The summed E-state index contributed by atoms with van der Waals surface area (Å²) in [6.07, 6.45) is 0. The summed E-state index contributed by atoms with van der Waals surface area (Å²) in [5.41, 5.74) is 2.17. The number of hydrogen-bond acceptors (Lipinski definition) is 2. The van der Waals surface area contributed by atoms with Crippen molar-refractivity contribution in [2.75, 3.05) is 5.32 Å². The van der Waals surface area contributed by atoms with Crippen LogP contribution in [0.2, 0.25) is 10.0 Å². The lowest BCUT2D eigenvalue weighted by molar-refractivity contribution is -0.138. The van der Waals surface area contributed by atoms with Gasteiger partial charge in [-0.05, 0) is 36.8 Å². The zero-order chi connectivity index (χ0) is 14.7. The number of rotatable bonds is 4. The highest BCUT2D eigenvalue weighted by atomic mass is 35.5. The number of carboxylic acids is 1. The van der Waals surface area contributed by atoms with E-state index in [1.165, 1.54) is 0 Å². The van der Waals surface area contributed by atoms with Crippen LogP contribution in [0.4, 0.5) is 11.4 Å². The second kappa shape index (κ2) is 6.16. The average molecular weight is 310 g/mol. The van der Waals surface area contributed by atoms with Gasteiger partial charge in [0.25, 0.3) is 0 Å². The number of para-hydroxylation sites is 1. The Morgan fingerprint density at radius 2 is 1.65 bits per heavy atom. The molecule has 20 heavy (non-hydrogen) atoms. The molecule has 0 amide bonds. The minimum Gasteiger partial charge on any atom is -0.481 e. The second-order valence-electron chi connectivity index (χ2n) is 4.40. The van der Waals surface area contributed by atoms with Crippen LogP contribution in [-0.2, 0) is 4.79 Å². The van der Waals surface area contributed by atoms with Crippen LogP contribution in [0.1, 0.15) is 18.4 Å². The van der Waals surface area contributed by atoms with Gasteiger partial charge < -0.3 is 10.4 Å². The molecule has 0 aromatic heterocycles. The van der Waals surface area contributed by atoms with Crippen LogP contribution in [0, 0.1) is 0 Å². The van der Waals surface area contributed by atoms with Crippen LogP contribution in [-0.4, -0.2) is 11.1 Å². The van der Waals surface area contributed by atoms with Crippen LogP contribution in [0.3, 0.4) is 0 Å². The number of hydrogen-bond donors (Lipinski definition) is 2. The van der Waals surface area contributed by atoms with Gasteiger partial charge in [-0.1, -0.05) is 41.4 Å². The topological polar surface area (TPSA) is 49.3 Å². The highest BCUT2D eigenvalue weighted by molar-refractivity contribution is 6.39. The van der Waals surface area contributed by atoms with Gasteiger partial charge in [-0.15, -0.1) is 0 Å². The molecule has 0 bridgehead atoms. The minimum absolute atomic E-state index is 0.528. The summed E-state index contributed by atoms with van der Waals surface area (Å²) in [6, 6.07) is 12.4. The van der Waals surface area contributed by atoms with Crippen molar-refractivity contribution in [3.8, 4) is 0 Å². The van der Waals surface area contributed by atoms with Crippen LogP contribution >= 0.6 is 23.2 Å². The molecule has 0 fully saturated rings. The maximum Gasteiger partial charge on any atom is 0.310 e. The van der Waals surface area contributed by atoms with E-state index < -0.39 is 11.9 Å². The zero-order valence-electron chi connectivity index (χ0n) is 10.7. The van der Waals surface area contributed by atoms with Crippen molar-refractivity contribution in [1.82, 2.24) is 0 Å². The fourth-order valence-electron chi connectivity index (χ4n) is 1.76. The van der Waals surface area contributed by atoms with Gasteiger partial charge in [0.05, 0.1) is 21.7 Å². The van der Waals surface area contributed by atoms with E-state index in [9.17, 15) is 4.79 Å². The molecule has 0 radical (unpaired) electrons. The van der Waals surface area contributed by atoms with Gasteiger partial charge in [0, 0.05) is 5.69 Å². The maximum absolute atomic E-state index is 10.9. The summed E-state index contributed by atoms with van der Waals surface area (Å²) < 4.78 is 0. The first-order valence-corrected chi connectivity index (χ1v) is 6.78. The summed E-state index contributed by atoms with van der Waals surface area (Å²) >= 11 is 12.2. The maximum atomic E-state index is 10.9. The van der Waals surface area contributed by atoms with Crippen molar-refractivity contribution in [3.05, 3.63) is 58.1 Å². The first kappa shape index (κ1) is 14.7. The predicted molar refractivity (Wildman–Crippen MR) is 82.2 cm³/mol. The van der Waals surface area contributed by atoms with Crippen LogP contribution in [0.5, 0.6) is 0 Å². The predicted octanol–water partition coefficient (Wildman–Crippen LogP) is 4.93. The summed E-state index contributed by atoms with van der Waals surface area (Å²) in [4.78, 5) is 10.9. The number of halogens is 2. The Hall–Kier alpha value is -1.71. The summed E-state index contributed by atoms with van der Waals surface area (Å²) in [6.45, 7) is 1.65. The fraction of sp³-hybridized carbons (Fsp3) is 0.133. The fourth-order valence-corrected chi connectivity index (χ4v) is 2.25. The molecule has 2 aromatic rings. The molecule has 0 aliphatic carbocycles. The van der Waals surface area contributed by atoms with Crippen molar-refractivity contribution < 1.29 is 9.90 Å². The number of nitrogens with one attached hydrogen (secondary N) is 1. The van der Waals surface area contributed by atoms with E-state index in [-0.39, 0.29) is 0 Å². The number of carboxylic acid groups (broad SMARTS) is 1. The van der Waals surface area contributed by atoms with Crippen molar-refractivity contribution in [3.63, 3.8) is 0 Å².